The quantitative estimate of drug-likeness (QED) is 0.373. The van der Waals surface area contributed by atoms with Gasteiger partial charge in [0.15, 0.2) is 0 Å². The molecule has 39 valence electrons. The minimum atomic E-state index is 0. The molecule has 0 saturated heterocycles. The molecule has 0 aromatic carbocycles. The monoisotopic (exact) mass is 131 g/mol. The second kappa shape index (κ2) is 8.91. The number of terminal acetylenes is 1. The van der Waals surface area contributed by atoms with E-state index in [-0.39, 0.29) is 17.1 Å². The Morgan fingerprint density at radius 2 is 2.17 bits per heavy atom. The summed E-state index contributed by atoms with van der Waals surface area (Å²) in [4.78, 5) is 0. The largest absolute Gasteiger partial charge is 0.120 e. The standard InChI is InChI=1S/C5H8.Cu/c1-3-5-4-2;/h1H,4-5H2,2H3;. The molecule has 0 N–H and O–H groups in total. The van der Waals surface area contributed by atoms with E-state index in [1.807, 2.05) is 0 Å². The van der Waals surface area contributed by atoms with Crippen molar-refractivity contribution >= 4 is 0 Å². The normalized spacial score (nSPS) is 5.33. The molecule has 0 saturated carbocycles. The maximum Gasteiger partial charge on any atom is 0.00834 e. The van der Waals surface area contributed by atoms with Crippen LogP contribution in [0.4, 0.5) is 0 Å². The minimum Gasteiger partial charge on any atom is -0.120 e. The van der Waals surface area contributed by atoms with Crippen LogP contribution in [0.25, 0.3) is 0 Å². The molecule has 0 aliphatic carbocycles. The number of unbranched alkanes of at least 4 members (excludes halogenated alkanes) is 1. The maximum absolute atomic E-state index is 4.89. The fourth-order valence-corrected chi connectivity index (χ4v) is 0.144. The molecule has 0 aliphatic heterocycles. The van der Waals surface area contributed by atoms with E-state index in [9.17, 15) is 0 Å². The first-order valence-corrected chi connectivity index (χ1v) is 1.85. The Balaban J connectivity index is 0. The summed E-state index contributed by atoms with van der Waals surface area (Å²) in [7, 11) is 0. The molecule has 0 heterocycles. The predicted octanol–water partition coefficient (Wildman–Crippen LogP) is 1.42. The molecular formula is C5H8Cu. The Morgan fingerprint density at radius 1 is 1.67 bits per heavy atom. The molecule has 0 aliphatic rings. The van der Waals surface area contributed by atoms with Crippen molar-refractivity contribution < 1.29 is 17.1 Å². The van der Waals surface area contributed by atoms with Gasteiger partial charge in [0.05, 0.1) is 0 Å². The summed E-state index contributed by atoms with van der Waals surface area (Å²) in [6, 6.07) is 0. The zero-order chi connectivity index (χ0) is 4.12. The summed E-state index contributed by atoms with van der Waals surface area (Å²) >= 11 is 0. The van der Waals surface area contributed by atoms with Crippen LogP contribution >= 0.6 is 0 Å². The molecule has 0 nitrogen and oxygen atoms in total. The van der Waals surface area contributed by atoms with Crippen LogP contribution in [-0.2, 0) is 17.1 Å². The van der Waals surface area contributed by atoms with Crippen LogP contribution in [0, 0.1) is 12.3 Å². The molecular weight excluding hydrogens is 124 g/mol. The van der Waals surface area contributed by atoms with E-state index in [0.29, 0.717) is 0 Å². The first-order valence-electron chi connectivity index (χ1n) is 1.85. The van der Waals surface area contributed by atoms with Crippen molar-refractivity contribution in [3.8, 4) is 12.3 Å². The molecule has 0 aromatic rings. The average Bonchev–Trinajstić information content (AvgIpc) is 1.41. The second-order valence-corrected chi connectivity index (χ2v) is 0.954. The van der Waals surface area contributed by atoms with Gasteiger partial charge >= 0.3 is 0 Å². The average molecular weight is 132 g/mol. The van der Waals surface area contributed by atoms with Crippen molar-refractivity contribution in [1.29, 1.82) is 0 Å². The van der Waals surface area contributed by atoms with Gasteiger partial charge in [-0.3, -0.25) is 0 Å². The van der Waals surface area contributed by atoms with Crippen LogP contribution in [0.3, 0.4) is 0 Å². The van der Waals surface area contributed by atoms with Crippen molar-refractivity contribution in [2.45, 2.75) is 19.8 Å². The third-order valence-electron chi connectivity index (χ3n) is 0.394. The summed E-state index contributed by atoms with van der Waals surface area (Å²) in [6.07, 6.45) is 6.91. The summed E-state index contributed by atoms with van der Waals surface area (Å²) in [6.45, 7) is 2.07. The molecule has 1 radical (unpaired) electrons. The van der Waals surface area contributed by atoms with Gasteiger partial charge in [-0.15, -0.1) is 12.3 Å². The molecule has 0 bridgehead atoms. The zero-order valence-corrected chi connectivity index (χ0v) is 4.73. The summed E-state index contributed by atoms with van der Waals surface area (Å²) in [5, 5.41) is 0. The molecule has 1 heteroatoms. The van der Waals surface area contributed by atoms with E-state index in [2.05, 4.69) is 12.8 Å². The van der Waals surface area contributed by atoms with E-state index in [1.54, 1.807) is 0 Å². The summed E-state index contributed by atoms with van der Waals surface area (Å²) in [5.74, 6) is 2.52. The molecule has 0 aromatic heterocycles. The van der Waals surface area contributed by atoms with Crippen LogP contribution in [0.2, 0.25) is 0 Å². The Kier molecular flexibility index (Phi) is 14.0. The summed E-state index contributed by atoms with van der Waals surface area (Å²) in [5.41, 5.74) is 0. The Morgan fingerprint density at radius 3 is 2.17 bits per heavy atom. The topological polar surface area (TPSA) is 0 Å². The Hall–Kier alpha value is 0.0795. The predicted molar refractivity (Wildman–Crippen MR) is 23.7 cm³/mol. The number of rotatable bonds is 1. The molecule has 0 unspecified atom stereocenters. The van der Waals surface area contributed by atoms with Gasteiger partial charge in [0.1, 0.15) is 0 Å². The molecule has 6 heavy (non-hydrogen) atoms. The van der Waals surface area contributed by atoms with Crippen molar-refractivity contribution in [3.63, 3.8) is 0 Å². The fourth-order valence-electron chi connectivity index (χ4n) is 0.144. The Labute approximate surface area is 49.8 Å². The van der Waals surface area contributed by atoms with E-state index in [4.69, 9.17) is 6.42 Å². The third-order valence-corrected chi connectivity index (χ3v) is 0.394. The fraction of sp³-hybridized carbons (Fsp3) is 0.600. The van der Waals surface area contributed by atoms with Crippen molar-refractivity contribution in [2.24, 2.45) is 0 Å². The second-order valence-electron chi connectivity index (χ2n) is 0.954. The van der Waals surface area contributed by atoms with E-state index < -0.39 is 0 Å². The van der Waals surface area contributed by atoms with Crippen LogP contribution < -0.4 is 0 Å². The molecule has 0 fully saturated rings. The number of hydrogen-bond donors (Lipinski definition) is 0. The van der Waals surface area contributed by atoms with Crippen molar-refractivity contribution in [3.05, 3.63) is 0 Å². The first kappa shape index (κ1) is 9.43. The van der Waals surface area contributed by atoms with Crippen LogP contribution in [-0.4, -0.2) is 0 Å². The van der Waals surface area contributed by atoms with Gasteiger partial charge in [0.2, 0.25) is 0 Å². The van der Waals surface area contributed by atoms with Gasteiger partial charge in [-0.25, -0.2) is 0 Å². The first-order chi connectivity index (χ1) is 2.41. The van der Waals surface area contributed by atoms with E-state index >= 15 is 0 Å². The minimum absolute atomic E-state index is 0. The van der Waals surface area contributed by atoms with E-state index in [1.165, 1.54) is 0 Å². The zero-order valence-electron chi connectivity index (χ0n) is 3.79. The van der Waals surface area contributed by atoms with Crippen molar-refractivity contribution in [1.82, 2.24) is 0 Å². The van der Waals surface area contributed by atoms with Gasteiger partial charge in [0, 0.05) is 23.5 Å². The van der Waals surface area contributed by atoms with Crippen LogP contribution in [0.1, 0.15) is 19.8 Å². The smallest absolute Gasteiger partial charge is 0.00834 e. The molecule has 0 rings (SSSR count). The van der Waals surface area contributed by atoms with Crippen LogP contribution in [0.5, 0.6) is 0 Å². The van der Waals surface area contributed by atoms with Gasteiger partial charge in [-0.05, 0) is 6.42 Å². The van der Waals surface area contributed by atoms with Crippen LogP contribution in [0.15, 0.2) is 0 Å². The molecule has 0 atom stereocenters. The van der Waals surface area contributed by atoms with Gasteiger partial charge in [-0.1, -0.05) is 6.92 Å². The Bertz CT molecular complexity index is 42.4. The molecule has 0 spiro atoms. The SMILES string of the molecule is C#CCCC.[Cu]. The third kappa shape index (κ3) is 8.95. The summed E-state index contributed by atoms with van der Waals surface area (Å²) < 4.78 is 0. The van der Waals surface area contributed by atoms with Crippen molar-refractivity contribution in [2.75, 3.05) is 0 Å². The van der Waals surface area contributed by atoms with E-state index in [0.717, 1.165) is 12.8 Å². The van der Waals surface area contributed by atoms with Gasteiger partial charge < -0.3 is 0 Å². The molecule has 0 amide bonds. The van der Waals surface area contributed by atoms with Gasteiger partial charge in [0.25, 0.3) is 0 Å². The maximum atomic E-state index is 4.89. The number of hydrogen-bond acceptors (Lipinski definition) is 0. The van der Waals surface area contributed by atoms with Gasteiger partial charge in [-0.2, -0.15) is 0 Å².